The van der Waals surface area contributed by atoms with Gasteiger partial charge in [0.25, 0.3) is 0 Å². The van der Waals surface area contributed by atoms with E-state index < -0.39 is 145 Å². The molecule has 1 fully saturated rings. The minimum atomic E-state index is -1.18. The lowest BCUT2D eigenvalue weighted by Crippen LogP contribution is -2.60. The number of likely N-dealkylation sites (tertiary alicyclic amines) is 1. The number of methoxy groups -OCH3 is 2. The molecule has 0 radical (unpaired) electrons. The minimum Gasteiger partial charge on any atom is -0.445 e. The topological polar surface area (TPSA) is 470 Å². The Balaban J connectivity index is 1.46. The molecule has 2 aromatic carbocycles. The van der Waals surface area contributed by atoms with Crippen molar-refractivity contribution in [2.75, 3.05) is 179 Å². The van der Waals surface area contributed by atoms with Crippen LogP contribution in [-0.4, -0.2) is 307 Å². The Morgan fingerprint density at radius 3 is 1.67 bits per heavy atom. The zero-order valence-electron chi connectivity index (χ0n) is 71.1. The monoisotopic (exact) mass is 1660 g/mol. The van der Waals surface area contributed by atoms with Gasteiger partial charge in [0.1, 0.15) is 44.0 Å². The first-order valence-corrected chi connectivity index (χ1v) is 40.4. The summed E-state index contributed by atoms with van der Waals surface area (Å²) in [5.74, 6) is -6.41. The van der Waals surface area contributed by atoms with Gasteiger partial charge in [-0.15, -0.1) is 0 Å². The van der Waals surface area contributed by atoms with Crippen molar-refractivity contribution in [1.82, 2.24) is 46.6 Å². The molecule has 0 spiro atoms. The van der Waals surface area contributed by atoms with E-state index in [9.17, 15) is 53.1 Å². The van der Waals surface area contributed by atoms with Gasteiger partial charge in [0.2, 0.25) is 47.3 Å². The normalized spacial score (nSPS) is 15.6. The Hall–Kier alpha value is -8.43. The minimum absolute atomic E-state index is 0.0349. The van der Waals surface area contributed by atoms with Gasteiger partial charge in [-0.05, 0) is 85.1 Å². The number of carbonyl (C=O) groups is 10. The van der Waals surface area contributed by atoms with Crippen LogP contribution in [0.3, 0.4) is 0 Å². The summed E-state index contributed by atoms with van der Waals surface area (Å²) < 4.78 is 66.7. The number of nitrogens with one attached hydrogen (secondary N) is 7. The number of aliphatic hydroxyl groups is 1. The molecule has 117 heavy (non-hydrogen) atoms. The van der Waals surface area contributed by atoms with Crippen molar-refractivity contribution in [2.24, 2.45) is 40.4 Å². The highest BCUT2D eigenvalue weighted by atomic mass is 16.6. The van der Waals surface area contributed by atoms with Crippen molar-refractivity contribution >= 4 is 65.1 Å². The van der Waals surface area contributed by atoms with E-state index in [1.54, 1.807) is 109 Å². The van der Waals surface area contributed by atoms with Crippen molar-refractivity contribution in [3.63, 3.8) is 0 Å². The fourth-order valence-corrected chi connectivity index (χ4v) is 13.0. The number of anilines is 1. The molecule has 11 amide bonds. The van der Waals surface area contributed by atoms with E-state index in [1.807, 2.05) is 32.0 Å². The number of carbonyl (C=O) groups excluding carboxylic acids is 10. The van der Waals surface area contributed by atoms with E-state index in [2.05, 4.69) is 47.2 Å². The van der Waals surface area contributed by atoms with Gasteiger partial charge in [0.15, 0.2) is 0 Å². The van der Waals surface area contributed by atoms with E-state index in [4.69, 9.17) is 68.1 Å². The number of benzene rings is 2. The number of hydrogen-bond donors (Lipinski definition) is 9. The van der Waals surface area contributed by atoms with Crippen LogP contribution in [0.25, 0.3) is 10.4 Å². The van der Waals surface area contributed by atoms with Gasteiger partial charge in [-0.1, -0.05) is 116 Å². The standard InChI is InChI=1S/C80H134N14O23/c1-15-56(8)71(64(106-13)49-67(97)94-32-20-24-63(94)73(107-14)57(9)74(99)86-58(10)72(98)60-21-17-16-18-22-60)92(11)78(103)69(54(4)5)90-77(102)70(55(6)7)93(12)80(105)117-50-59-25-27-61(28-26-59)87-75(100)62(23-19-29-84-79(81)104)88-76(101)68(53(2)3)89-66(96)52-116-51-65(95)83-30-33-108-35-37-110-39-41-112-43-45-114-47-48-115-46-44-113-42-40-111-38-36-109-34-31-85-91-82/h16-18,21-22,25-28,53-58,62-64,68-73,98H,15,19-20,23-24,29-52H2,1-14H3,(H,83,95)(H,86,99)(H,87,100)(H,88,101)(H,89,96)(H,90,102)(H3,81,84,104)/t56-,57+,58+,62-,63-,64+,68-,69-,70-,71-,72+,73+/m0/s1. The summed E-state index contributed by atoms with van der Waals surface area (Å²) in [6.07, 6.45) is -1.25. The molecule has 1 aliphatic rings. The number of primary amides is 1. The highest BCUT2D eigenvalue weighted by molar-refractivity contribution is 5.98. The number of azide groups is 1. The molecule has 0 unspecified atom stereocenters. The number of aliphatic hydroxyl groups excluding tert-OH is 1. The van der Waals surface area contributed by atoms with Crippen LogP contribution in [0.2, 0.25) is 0 Å². The molecule has 0 bridgehead atoms. The molecular formula is C80H134N14O23. The van der Waals surface area contributed by atoms with Crippen molar-refractivity contribution in [3.8, 4) is 0 Å². The van der Waals surface area contributed by atoms with E-state index in [-0.39, 0.29) is 76.4 Å². The third kappa shape index (κ3) is 39.8. The van der Waals surface area contributed by atoms with Gasteiger partial charge in [-0.25, -0.2) is 9.59 Å². The van der Waals surface area contributed by atoms with Gasteiger partial charge in [-0.3, -0.25) is 43.3 Å². The fourth-order valence-electron chi connectivity index (χ4n) is 13.0. The van der Waals surface area contributed by atoms with Crippen LogP contribution in [0.1, 0.15) is 125 Å². The Morgan fingerprint density at radius 1 is 0.607 bits per heavy atom. The molecule has 12 atom stereocenters. The number of ether oxygens (including phenoxy) is 12. The van der Waals surface area contributed by atoms with Crippen LogP contribution in [-0.2, 0) is 102 Å². The predicted molar refractivity (Wildman–Crippen MR) is 433 cm³/mol. The largest absolute Gasteiger partial charge is 0.445 e. The lowest BCUT2D eigenvalue weighted by atomic mass is 9.89. The maximum atomic E-state index is 14.9. The van der Waals surface area contributed by atoms with Crippen LogP contribution in [0.4, 0.5) is 15.3 Å². The van der Waals surface area contributed by atoms with Gasteiger partial charge in [0, 0.05) is 65.1 Å². The number of urea groups is 1. The number of hydrogen-bond acceptors (Lipinski definition) is 24. The number of nitrogens with two attached hydrogens (primary N) is 1. The second-order valence-corrected chi connectivity index (χ2v) is 29.5. The van der Waals surface area contributed by atoms with Crippen LogP contribution < -0.4 is 43.0 Å². The van der Waals surface area contributed by atoms with Crippen molar-refractivity contribution in [2.45, 2.75) is 175 Å². The quantitative estimate of drug-likeness (QED) is 0.0194. The molecule has 3 rings (SSSR count). The third-order valence-corrected chi connectivity index (χ3v) is 19.6. The van der Waals surface area contributed by atoms with Crippen LogP contribution in [0.5, 0.6) is 0 Å². The SMILES string of the molecule is CC[C@H](C)[C@@H]([C@@H](CC(=O)N1CCC[C@H]1[C@H](OC)[C@@H](C)C(=O)N[C@H](C)[C@@H](O)c1ccccc1)OC)N(C)C(=O)[C@@H](NC(=O)[C@H](C(C)C)N(C)C(=O)OCc1ccc(NC(=O)[C@H](CCCNC(N)=O)NC(=O)[C@@H](NC(=O)COCC(=O)NCCOCCOCCOCCOCCOCCOCCOCCOCCN=[N+]=[N-])C(C)C)cc1)C(C)C. The Kier molecular flexibility index (Phi) is 52.1. The smallest absolute Gasteiger partial charge is 0.410 e. The summed E-state index contributed by atoms with van der Waals surface area (Å²) >= 11 is 0. The Labute approximate surface area is 689 Å². The summed E-state index contributed by atoms with van der Waals surface area (Å²) in [5.41, 5.74) is 15.0. The number of rotatable bonds is 63. The second-order valence-electron chi connectivity index (χ2n) is 29.5. The number of likely N-dealkylation sites (N-methyl/N-ethyl adjacent to an activating group) is 2. The van der Waals surface area contributed by atoms with Crippen LogP contribution in [0.15, 0.2) is 59.7 Å². The summed E-state index contributed by atoms with van der Waals surface area (Å²) in [7, 11) is 6.06. The highest BCUT2D eigenvalue weighted by Crippen LogP contribution is 2.31. The molecular weight excluding hydrogens is 1520 g/mol. The molecule has 37 nitrogen and oxygen atoms in total. The summed E-state index contributed by atoms with van der Waals surface area (Å²) in [4.78, 5) is 143. The highest BCUT2D eigenvalue weighted by Gasteiger charge is 2.44. The molecule has 662 valence electrons. The fraction of sp³-hybridized carbons (Fsp3) is 0.725. The van der Waals surface area contributed by atoms with E-state index >= 15 is 0 Å². The second kappa shape index (κ2) is 59.3. The third-order valence-electron chi connectivity index (χ3n) is 19.6. The molecule has 1 heterocycles. The zero-order valence-corrected chi connectivity index (χ0v) is 71.1. The van der Waals surface area contributed by atoms with Crippen molar-refractivity contribution in [3.05, 3.63) is 76.2 Å². The van der Waals surface area contributed by atoms with Gasteiger partial charge in [-0.2, -0.15) is 0 Å². The lowest BCUT2D eigenvalue weighted by molar-refractivity contribution is -0.148. The zero-order chi connectivity index (χ0) is 86.6. The van der Waals surface area contributed by atoms with Crippen molar-refractivity contribution in [1.29, 1.82) is 0 Å². The molecule has 0 aliphatic carbocycles. The molecule has 1 aliphatic heterocycles. The first-order valence-electron chi connectivity index (χ1n) is 40.4. The Bertz CT molecular complexity index is 3270. The van der Waals surface area contributed by atoms with Gasteiger partial charge in [0.05, 0.1) is 154 Å². The van der Waals surface area contributed by atoms with E-state index in [0.29, 0.717) is 135 Å². The Morgan fingerprint density at radius 2 is 1.15 bits per heavy atom. The average Bonchev–Trinajstić information content (AvgIpc) is 1.79. The maximum absolute atomic E-state index is 14.9. The first-order chi connectivity index (χ1) is 56.0. The summed E-state index contributed by atoms with van der Waals surface area (Å²) in [6.45, 7) is 23.6. The molecule has 0 saturated carbocycles. The van der Waals surface area contributed by atoms with Crippen molar-refractivity contribution < 1.29 is 110 Å². The van der Waals surface area contributed by atoms with Gasteiger partial charge >= 0.3 is 12.1 Å². The van der Waals surface area contributed by atoms with Crippen LogP contribution >= 0.6 is 0 Å². The molecule has 37 heteroatoms. The molecule has 0 aromatic heterocycles. The predicted octanol–water partition coefficient (Wildman–Crippen LogP) is 4.17. The first kappa shape index (κ1) is 103. The van der Waals surface area contributed by atoms with E-state index in [1.165, 1.54) is 21.3 Å². The average molecular weight is 1660 g/mol. The summed E-state index contributed by atoms with van der Waals surface area (Å²) in [5, 5.41) is 33.4. The lowest BCUT2D eigenvalue weighted by Gasteiger charge is -2.41. The molecule has 2 aromatic rings. The summed E-state index contributed by atoms with van der Waals surface area (Å²) in [6, 6.07) is 8.36. The van der Waals surface area contributed by atoms with E-state index in [0.717, 1.165) is 4.90 Å². The number of amides is 11. The van der Waals surface area contributed by atoms with Crippen LogP contribution in [0, 0.1) is 29.6 Å². The maximum Gasteiger partial charge on any atom is 0.410 e. The molecule has 10 N–H and O–H groups in total. The van der Waals surface area contributed by atoms with Gasteiger partial charge < -0.3 is 115 Å². The number of nitrogens with zero attached hydrogens (tertiary/aromatic N) is 6. The molecule has 1 saturated heterocycles.